The molecule has 5 nitrogen and oxygen atoms in total. The molecule has 0 aliphatic heterocycles. The molecule has 5 heteroatoms. The first-order valence-electron chi connectivity index (χ1n) is 8.03. The van der Waals surface area contributed by atoms with Gasteiger partial charge in [-0.3, -0.25) is 4.79 Å². The lowest BCUT2D eigenvalue weighted by Crippen LogP contribution is -2.76. The van der Waals surface area contributed by atoms with Gasteiger partial charge in [-0.1, -0.05) is 44.2 Å². The van der Waals surface area contributed by atoms with Crippen LogP contribution in [-0.4, -0.2) is 35.2 Å². The Morgan fingerprint density at radius 2 is 1.96 bits per heavy atom. The maximum absolute atomic E-state index is 12.3. The van der Waals surface area contributed by atoms with Crippen LogP contribution in [0.25, 0.3) is 0 Å². The zero-order valence-electron chi connectivity index (χ0n) is 14.0. The lowest BCUT2D eigenvalue weighted by molar-refractivity contribution is -0.194. The molecule has 1 aliphatic carbocycles. The molecule has 0 saturated heterocycles. The number of hydrogen-bond donors (Lipinski definition) is 2. The number of carboxylic acid groups (broad SMARTS) is 1. The van der Waals surface area contributed by atoms with Gasteiger partial charge >= 0.3 is 5.97 Å². The molecule has 2 unspecified atom stereocenters. The van der Waals surface area contributed by atoms with Crippen LogP contribution in [0.15, 0.2) is 30.3 Å². The number of hydrogen-bond acceptors (Lipinski definition) is 3. The van der Waals surface area contributed by atoms with E-state index in [1.165, 1.54) is 0 Å². The Hall–Kier alpha value is -1.88. The summed E-state index contributed by atoms with van der Waals surface area (Å²) in [6, 6.07) is 9.69. The minimum Gasteiger partial charge on any atom is -0.479 e. The Labute approximate surface area is 137 Å². The van der Waals surface area contributed by atoms with E-state index >= 15 is 0 Å². The summed E-state index contributed by atoms with van der Waals surface area (Å²) in [6.07, 6.45) is 1.02. The van der Waals surface area contributed by atoms with Crippen LogP contribution in [0.4, 0.5) is 0 Å². The van der Waals surface area contributed by atoms with E-state index in [1.807, 2.05) is 51.1 Å². The summed E-state index contributed by atoms with van der Waals surface area (Å²) in [5.74, 6) is -1.23. The number of ether oxygens (including phenoxy) is 1. The Kier molecular flexibility index (Phi) is 5.09. The summed E-state index contributed by atoms with van der Waals surface area (Å²) < 4.78 is 5.59. The van der Waals surface area contributed by atoms with Crippen molar-refractivity contribution >= 4 is 11.9 Å². The number of aryl methyl sites for hydroxylation is 1. The zero-order valence-corrected chi connectivity index (χ0v) is 14.0. The fourth-order valence-electron chi connectivity index (χ4n) is 3.24. The van der Waals surface area contributed by atoms with Gasteiger partial charge in [0.15, 0.2) is 0 Å². The van der Waals surface area contributed by atoms with E-state index in [0.717, 1.165) is 5.56 Å². The molecule has 0 bridgehead atoms. The predicted molar refractivity (Wildman–Crippen MR) is 87.1 cm³/mol. The first kappa shape index (κ1) is 17.5. The summed E-state index contributed by atoms with van der Waals surface area (Å²) in [5, 5.41) is 12.4. The van der Waals surface area contributed by atoms with E-state index in [2.05, 4.69) is 5.32 Å². The van der Waals surface area contributed by atoms with Crippen LogP contribution in [0, 0.1) is 5.41 Å². The third kappa shape index (κ3) is 3.24. The molecule has 1 fully saturated rings. The van der Waals surface area contributed by atoms with Crippen LogP contribution in [-0.2, 0) is 20.7 Å². The number of benzene rings is 1. The number of carbonyl (C=O) groups excluding carboxylic acids is 1. The molecule has 1 aromatic rings. The molecule has 1 amide bonds. The second kappa shape index (κ2) is 6.71. The van der Waals surface area contributed by atoms with Crippen molar-refractivity contribution < 1.29 is 19.4 Å². The Morgan fingerprint density at radius 3 is 2.48 bits per heavy atom. The largest absolute Gasteiger partial charge is 0.479 e. The maximum Gasteiger partial charge on any atom is 0.330 e. The van der Waals surface area contributed by atoms with Gasteiger partial charge in [0, 0.05) is 24.9 Å². The van der Waals surface area contributed by atoms with Crippen LogP contribution in [0.1, 0.15) is 39.2 Å². The molecule has 0 aromatic heterocycles. The third-order valence-corrected chi connectivity index (χ3v) is 4.97. The van der Waals surface area contributed by atoms with E-state index < -0.39 is 16.9 Å². The van der Waals surface area contributed by atoms with Gasteiger partial charge in [0.1, 0.15) is 5.54 Å². The van der Waals surface area contributed by atoms with Crippen LogP contribution < -0.4 is 5.32 Å². The van der Waals surface area contributed by atoms with Crippen molar-refractivity contribution in [1.29, 1.82) is 0 Å². The van der Waals surface area contributed by atoms with Gasteiger partial charge in [-0.2, -0.15) is 0 Å². The SMILES string of the molecule is CCOC1CC(NC(=O)CCc2ccccc2)(C(=O)O)C1(C)C. The second-order valence-corrected chi connectivity index (χ2v) is 6.61. The normalized spacial score (nSPS) is 25.4. The first-order valence-corrected chi connectivity index (χ1v) is 8.03. The van der Waals surface area contributed by atoms with Crippen molar-refractivity contribution in [3.05, 3.63) is 35.9 Å². The van der Waals surface area contributed by atoms with Gasteiger partial charge in [0.2, 0.25) is 5.91 Å². The molecular formula is C18H25NO4. The van der Waals surface area contributed by atoms with Crippen molar-refractivity contribution in [3.63, 3.8) is 0 Å². The molecule has 0 radical (unpaired) electrons. The molecule has 1 saturated carbocycles. The standard InChI is InChI=1S/C18H25NO4/c1-4-23-14-12-18(16(21)22,17(14,2)3)19-15(20)11-10-13-8-6-5-7-9-13/h5-9,14H,4,10-12H2,1-3H3,(H,19,20)(H,21,22). The highest BCUT2D eigenvalue weighted by molar-refractivity contribution is 5.89. The number of aliphatic carboxylic acids is 1. The maximum atomic E-state index is 12.3. The number of rotatable bonds is 7. The molecule has 2 N–H and O–H groups in total. The second-order valence-electron chi connectivity index (χ2n) is 6.61. The number of nitrogens with one attached hydrogen (secondary N) is 1. The quantitative estimate of drug-likeness (QED) is 0.809. The molecule has 2 atom stereocenters. The van der Waals surface area contributed by atoms with E-state index in [9.17, 15) is 14.7 Å². The van der Waals surface area contributed by atoms with Gasteiger partial charge < -0.3 is 15.2 Å². The molecule has 1 aromatic carbocycles. The summed E-state index contributed by atoms with van der Waals surface area (Å²) >= 11 is 0. The van der Waals surface area contributed by atoms with Gasteiger partial charge in [0.25, 0.3) is 0 Å². The average Bonchev–Trinajstić information content (AvgIpc) is 2.52. The van der Waals surface area contributed by atoms with Crippen molar-refractivity contribution in [1.82, 2.24) is 5.32 Å². The summed E-state index contributed by atoms with van der Waals surface area (Å²) in [6.45, 7) is 6.09. The van der Waals surface area contributed by atoms with Crippen LogP contribution >= 0.6 is 0 Å². The zero-order chi connectivity index (χ0) is 17.1. The number of carbonyl (C=O) groups is 2. The van der Waals surface area contributed by atoms with Crippen molar-refractivity contribution in [2.45, 2.75) is 51.7 Å². The van der Waals surface area contributed by atoms with Gasteiger partial charge in [-0.05, 0) is 18.9 Å². The van der Waals surface area contributed by atoms with Gasteiger partial charge in [0.05, 0.1) is 6.10 Å². The van der Waals surface area contributed by atoms with Crippen molar-refractivity contribution in [2.75, 3.05) is 6.61 Å². The summed E-state index contributed by atoms with van der Waals surface area (Å²) in [4.78, 5) is 24.1. The molecular weight excluding hydrogens is 294 g/mol. The van der Waals surface area contributed by atoms with Gasteiger partial charge in [-0.15, -0.1) is 0 Å². The fraction of sp³-hybridized carbons (Fsp3) is 0.556. The lowest BCUT2D eigenvalue weighted by Gasteiger charge is -2.58. The molecule has 126 valence electrons. The third-order valence-electron chi connectivity index (χ3n) is 4.97. The Balaban J connectivity index is 2.00. The highest BCUT2D eigenvalue weighted by atomic mass is 16.5. The topological polar surface area (TPSA) is 75.6 Å². The van der Waals surface area contributed by atoms with E-state index in [1.54, 1.807) is 0 Å². The number of amides is 1. The minimum atomic E-state index is -1.25. The van der Waals surface area contributed by atoms with Crippen molar-refractivity contribution in [3.8, 4) is 0 Å². The van der Waals surface area contributed by atoms with Crippen LogP contribution in [0.3, 0.4) is 0 Å². The van der Waals surface area contributed by atoms with Crippen molar-refractivity contribution in [2.24, 2.45) is 5.41 Å². The highest BCUT2D eigenvalue weighted by Gasteiger charge is 2.66. The molecule has 0 spiro atoms. The van der Waals surface area contributed by atoms with Crippen LogP contribution in [0.5, 0.6) is 0 Å². The minimum absolute atomic E-state index is 0.155. The van der Waals surface area contributed by atoms with E-state index in [0.29, 0.717) is 19.4 Å². The predicted octanol–water partition coefficient (Wildman–Crippen LogP) is 2.39. The molecule has 2 rings (SSSR count). The molecule has 23 heavy (non-hydrogen) atoms. The highest BCUT2D eigenvalue weighted by Crippen LogP contribution is 2.51. The molecule has 0 heterocycles. The average molecular weight is 319 g/mol. The summed E-state index contributed by atoms with van der Waals surface area (Å²) in [5.41, 5.74) is -0.829. The van der Waals surface area contributed by atoms with E-state index in [4.69, 9.17) is 4.74 Å². The Morgan fingerprint density at radius 1 is 1.30 bits per heavy atom. The smallest absolute Gasteiger partial charge is 0.330 e. The number of carboxylic acids is 1. The summed E-state index contributed by atoms with van der Waals surface area (Å²) in [7, 11) is 0. The van der Waals surface area contributed by atoms with Crippen LogP contribution in [0.2, 0.25) is 0 Å². The van der Waals surface area contributed by atoms with Gasteiger partial charge in [-0.25, -0.2) is 4.79 Å². The monoisotopic (exact) mass is 319 g/mol. The fourth-order valence-corrected chi connectivity index (χ4v) is 3.24. The first-order chi connectivity index (χ1) is 10.8. The lowest BCUT2D eigenvalue weighted by atomic mass is 9.54. The van der Waals surface area contributed by atoms with E-state index in [-0.39, 0.29) is 18.4 Å². The molecule has 1 aliphatic rings. The Bertz CT molecular complexity index is 570.